The number of nitrogens with two attached hydrogens (primary N) is 1. The van der Waals surface area contributed by atoms with E-state index in [4.69, 9.17) is 34.6 Å². The molecule has 50 heavy (non-hydrogen) atoms. The van der Waals surface area contributed by atoms with E-state index in [9.17, 15) is 0 Å². The van der Waals surface area contributed by atoms with Gasteiger partial charge >= 0.3 is 34.5 Å². The Bertz CT molecular complexity index is 1650. The van der Waals surface area contributed by atoms with Crippen LogP contribution < -0.4 is 27.0 Å². The number of nitrogens with one attached hydrogen (secondary N) is 1. The van der Waals surface area contributed by atoms with Gasteiger partial charge in [-0.3, -0.25) is 0 Å². The van der Waals surface area contributed by atoms with Crippen LogP contribution in [0.25, 0.3) is 11.0 Å². The topological polar surface area (TPSA) is 73.2 Å². The average Bonchev–Trinajstić information content (AvgIpc) is 3.71. The van der Waals surface area contributed by atoms with E-state index in [1.807, 2.05) is 31.2 Å². The normalized spacial score (nSPS) is 17.2. The summed E-state index contributed by atoms with van der Waals surface area (Å²) in [5, 5.41) is 5.53. The first-order valence-electron chi connectivity index (χ1n) is 16.4. The van der Waals surface area contributed by atoms with E-state index in [-0.39, 0.29) is 33.4 Å². The summed E-state index contributed by atoms with van der Waals surface area (Å²) in [7, 11) is 8.59. The van der Waals surface area contributed by atoms with Crippen molar-refractivity contribution in [3.63, 3.8) is 0 Å². The number of hydrogen-bond acceptors (Lipinski definition) is 4. The molecule has 0 amide bonds. The van der Waals surface area contributed by atoms with Crippen LogP contribution in [0.15, 0.2) is 146 Å². The maximum absolute atomic E-state index is 6.61. The molecule has 1 saturated heterocycles. The first kappa shape index (κ1) is 38.7. The number of aromatic amines is 1. The summed E-state index contributed by atoms with van der Waals surface area (Å²) < 4.78 is 13.2. The van der Waals surface area contributed by atoms with E-state index in [0.29, 0.717) is 0 Å². The van der Waals surface area contributed by atoms with Gasteiger partial charge in [0.1, 0.15) is 5.82 Å². The summed E-state index contributed by atoms with van der Waals surface area (Å²) >= 11 is -0.346. The molecule has 1 aliphatic heterocycles. The SMILES string of the molecule is CC1(C)O[C@@H](CP(c2ccccc2)c2ccccc2)[C@H](CP(c2ccccc2)c2ccccc2)O1.C[C@@H](N)c1nc2ccccc2[nH]1.[Cl][Ru][Cl]. The molecule has 6 aromatic rings. The van der Waals surface area contributed by atoms with Gasteiger partial charge in [-0.1, -0.05) is 133 Å². The molecule has 3 N–H and O–H groups in total. The first-order chi connectivity index (χ1) is 24.3. The number of ether oxygens (including phenoxy) is 2. The number of nitrogens with zero attached hydrogens (tertiary/aromatic N) is 1. The van der Waals surface area contributed by atoms with Gasteiger partial charge in [-0.2, -0.15) is 0 Å². The van der Waals surface area contributed by atoms with E-state index in [2.05, 4.69) is 145 Å². The molecule has 5 nitrogen and oxygen atoms in total. The second-order valence-corrected chi connectivity index (χ2v) is 19.4. The molecule has 7 rings (SSSR count). The van der Waals surface area contributed by atoms with Crippen molar-refractivity contribution in [2.24, 2.45) is 5.73 Å². The van der Waals surface area contributed by atoms with E-state index in [0.717, 1.165) is 29.2 Å². The molecule has 5 aromatic carbocycles. The number of imidazole rings is 1. The molecular weight excluding hydrogens is 788 g/mol. The fourth-order valence-electron chi connectivity index (χ4n) is 5.92. The van der Waals surface area contributed by atoms with Crippen molar-refractivity contribution in [1.29, 1.82) is 0 Å². The van der Waals surface area contributed by atoms with Crippen molar-refractivity contribution in [2.45, 2.75) is 44.8 Å². The van der Waals surface area contributed by atoms with Crippen LogP contribution in [0.2, 0.25) is 0 Å². The fourth-order valence-corrected chi connectivity index (χ4v) is 10.8. The van der Waals surface area contributed by atoms with Gasteiger partial charge in [-0.15, -0.1) is 0 Å². The van der Waals surface area contributed by atoms with E-state index in [1.165, 1.54) is 21.2 Å². The second-order valence-electron chi connectivity index (χ2n) is 12.3. The maximum atomic E-state index is 6.61. The summed E-state index contributed by atoms with van der Waals surface area (Å²) in [6, 6.07) is 51.5. The van der Waals surface area contributed by atoms with Crippen molar-refractivity contribution in [3.05, 3.63) is 151 Å². The summed E-state index contributed by atoms with van der Waals surface area (Å²) in [4.78, 5) is 7.49. The Morgan fingerprint density at radius 3 is 1.34 bits per heavy atom. The second kappa shape index (κ2) is 19.4. The summed E-state index contributed by atoms with van der Waals surface area (Å²) in [6.07, 6.45) is 1.97. The molecule has 10 heteroatoms. The molecule has 262 valence electrons. The van der Waals surface area contributed by atoms with Gasteiger partial charge in [0.25, 0.3) is 0 Å². The predicted octanol–water partition coefficient (Wildman–Crippen LogP) is 8.73. The zero-order valence-corrected chi connectivity index (χ0v) is 33.4. The number of para-hydroxylation sites is 2. The van der Waals surface area contributed by atoms with Crippen LogP contribution in [0, 0.1) is 0 Å². The van der Waals surface area contributed by atoms with Gasteiger partial charge in [0.05, 0.1) is 29.3 Å². The van der Waals surface area contributed by atoms with Crippen molar-refractivity contribution in [1.82, 2.24) is 9.97 Å². The molecule has 1 aliphatic rings. The van der Waals surface area contributed by atoms with Crippen LogP contribution in [0.1, 0.15) is 32.6 Å². The zero-order valence-electron chi connectivity index (χ0n) is 28.3. The standard InChI is InChI=1S/C31H32O2P2.C9H11N3.2ClH.Ru/c1-31(2)32-29(23-34(25-15-7-3-8-16-25)26-17-9-4-10-18-26)30(33-31)24-35(27-19-11-5-12-20-27)28-21-13-6-14-22-28;1-6(10)9-11-7-4-2-3-5-8(7)12-9;;;/h3-22,29-30H,23-24H2,1-2H3;2-6H,10H2,1H3,(H,11,12);2*1H;/q;;;;+2/p-2/t29-,30-;6-;;;/m01.../s1. The Kier molecular flexibility index (Phi) is 15.0. The van der Waals surface area contributed by atoms with E-state index >= 15 is 0 Å². The molecular formula is C40H43Cl2N3O2P2Ru. The summed E-state index contributed by atoms with van der Waals surface area (Å²) in [5.41, 5.74) is 7.71. The van der Waals surface area contributed by atoms with Crippen molar-refractivity contribution >= 4 is 67.5 Å². The quantitative estimate of drug-likeness (QED) is 0.113. The third-order valence-electron chi connectivity index (χ3n) is 8.12. The van der Waals surface area contributed by atoms with E-state index in [1.54, 1.807) is 0 Å². The minimum atomic E-state index is -0.585. The number of hydrogen-bond donors (Lipinski definition) is 2. The minimum absolute atomic E-state index is 0.0302. The Morgan fingerprint density at radius 1 is 0.660 bits per heavy atom. The third-order valence-corrected chi connectivity index (χ3v) is 13.3. The average molecular weight is 832 g/mol. The Labute approximate surface area is 314 Å². The summed E-state index contributed by atoms with van der Waals surface area (Å²) in [6.45, 7) is 6.03. The number of rotatable bonds is 9. The Hall–Kier alpha value is -2.49. The van der Waals surface area contributed by atoms with E-state index < -0.39 is 21.6 Å². The molecule has 0 saturated carbocycles. The summed E-state index contributed by atoms with van der Waals surface area (Å²) in [5.74, 6) is 0.258. The van der Waals surface area contributed by atoms with Crippen LogP contribution in [0.3, 0.4) is 0 Å². The van der Waals surface area contributed by atoms with Crippen molar-refractivity contribution in [2.75, 3.05) is 12.3 Å². The molecule has 0 radical (unpaired) electrons. The number of benzene rings is 5. The van der Waals surface area contributed by atoms with Gasteiger partial charge in [-0.05, 0) is 70.0 Å². The molecule has 3 atom stereocenters. The van der Waals surface area contributed by atoms with Crippen molar-refractivity contribution in [3.8, 4) is 0 Å². The zero-order chi connectivity index (χ0) is 35.3. The number of aromatic nitrogens is 2. The third kappa shape index (κ3) is 11.0. The van der Waals surface area contributed by atoms with Gasteiger partial charge in [-0.25, -0.2) is 4.98 Å². The van der Waals surface area contributed by atoms with Crippen LogP contribution in [-0.4, -0.2) is 40.3 Å². The van der Waals surface area contributed by atoms with Crippen LogP contribution in [-0.2, 0) is 24.6 Å². The molecule has 1 aromatic heterocycles. The van der Waals surface area contributed by atoms with Gasteiger partial charge in [0.2, 0.25) is 0 Å². The molecule has 0 bridgehead atoms. The first-order valence-corrected chi connectivity index (χ1v) is 24.0. The van der Waals surface area contributed by atoms with Gasteiger partial charge in [0.15, 0.2) is 5.79 Å². The fraction of sp³-hybridized carbons (Fsp3) is 0.225. The Morgan fingerprint density at radius 2 is 1.00 bits per heavy atom. The van der Waals surface area contributed by atoms with Gasteiger partial charge in [0, 0.05) is 12.3 Å². The molecule has 1 fully saturated rings. The van der Waals surface area contributed by atoms with Crippen LogP contribution >= 0.6 is 35.2 Å². The number of halogens is 2. The predicted molar refractivity (Wildman–Crippen MR) is 212 cm³/mol. The Balaban J connectivity index is 0.000000269. The van der Waals surface area contributed by atoms with Gasteiger partial charge < -0.3 is 20.2 Å². The van der Waals surface area contributed by atoms with Crippen LogP contribution in [0.4, 0.5) is 0 Å². The molecule has 0 aliphatic carbocycles. The van der Waals surface area contributed by atoms with Crippen LogP contribution in [0.5, 0.6) is 0 Å². The number of fused-ring (bicyclic) bond motifs is 1. The molecule has 2 heterocycles. The number of H-pyrrole nitrogens is 1. The van der Waals surface area contributed by atoms with Crippen molar-refractivity contribution < 1.29 is 24.6 Å². The molecule has 0 spiro atoms. The molecule has 0 unspecified atom stereocenters. The monoisotopic (exact) mass is 831 g/mol.